The van der Waals surface area contributed by atoms with Crippen molar-refractivity contribution < 1.29 is 9.13 Å². The first-order chi connectivity index (χ1) is 22.4. The van der Waals surface area contributed by atoms with Gasteiger partial charge in [0.1, 0.15) is 0 Å². The molecule has 0 N–H and O–H groups in total. The molecule has 2 heterocycles. The maximum Gasteiger partial charge on any atom is 0.171 e. The number of aromatic nitrogens is 2. The van der Waals surface area contributed by atoms with Crippen LogP contribution in [-0.2, 0) is 13.1 Å². The lowest BCUT2D eigenvalue weighted by Crippen LogP contribution is -2.33. The molecule has 0 fully saturated rings. The molecule has 232 valence electrons. The molecule has 0 aliphatic heterocycles. The van der Waals surface area contributed by atoms with Crippen molar-refractivity contribution in [1.82, 2.24) is 0 Å². The summed E-state index contributed by atoms with van der Waals surface area (Å²) in [4.78, 5) is 0. The number of pyridine rings is 2. The van der Waals surface area contributed by atoms with Gasteiger partial charge in [-0.15, -0.1) is 0 Å². The van der Waals surface area contributed by atoms with Crippen molar-refractivity contribution in [2.75, 3.05) is 10.7 Å². The molecular formula is C42H42Br2N2+2. The molecule has 46 heavy (non-hydrogen) atoms. The van der Waals surface area contributed by atoms with Crippen LogP contribution < -0.4 is 9.13 Å². The van der Waals surface area contributed by atoms with Crippen molar-refractivity contribution in [3.8, 4) is 47.4 Å². The summed E-state index contributed by atoms with van der Waals surface area (Å²) in [5.74, 6) is 25.4. The summed E-state index contributed by atoms with van der Waals surface area (Å²) in [6.45, 7) is 10.4. The predicted molar refractivity (Wildman–Crippen MR) is 199 cm³/mol. The zero-order valence-electron chi connectivity index (χ0n) is 27.4. The van der Waals surface area contributed by atoms with Gasteiger partial charge in [0.2, 0.25) is 0 Å². The summed E-state index contributed by atoms with van der Waals surface area (Å²) < 4.78 is 4.40. The molecule has 0 aliphatic carbocycles. The van der Waals surface area contributed by atoms with Crippen molar-refractivity contribution in [2.45, 2.75) is 66.5 Å². The van der Waals surface area contributed by atoms with Gasteiger partial charge in [-0.25, -0.2) is 9.13 Å². The molecule has 0 saturated carbocycles. The van der Waals surface area contributed by atoms with Crippen LogP contribution >= 0.6 is 31.9 Å². The van der Waals surface area contributed by atoms with Gasteiger partial charge < -0.3 is 0 Å². The van der Waals surface area contributed by atoms with E-state index in [1.165, 1.54) is 22.3 Å². The lowest BCUT2D eigenvalue weighted by atomic mass is 10.1. The van der Waals surface area contributed by atoms with Gasteiger partial charge >= 0.3 is 0 Å². The van der Waals surface area contributed by atoms with E-state index >= 15 is 0 Å². The average molecular weight is 735 g/mol. The molecule has 2 aromatic heterocycles. The van der Waals surface area contributed by atoms with Crippen molar-refractivity contribution >= 4 is 31.9 Å². The molecule has 0 unspecified atom stereocenters. The van der Waals surface area contributed by atoms with E-state index in [0.717, 1.165) is 71.7 Å². The first kappa shape index (κ1) is 36.4. The van der Waals surface area contributed by atoms with Crippen LogP contribution in [0.3, 0.4) is 0 Å². The number of hydrogen-bond donors (Lipinski definition) is 0. The molecule has 2 aromatic carbocycles. The summed E-state index contributed by atoms with van der Waals surface area (Å²) in [7, 11) is 0. The Morgan fingerprint density at radius 1 is 0.435 bits per heavy atom. The molecule has 4 aromatic rings. The van der Waals surface area contributed by atoms with Crippen molar-refractivity contribution in [2.24, 2.45) is 0 Å². The molecule has 4 heteroatoms. The largest absolute Gasteiger partial charge is 0.204 e. The quantitative estimate of drug-likeness (QED) is 0.107. The van der Waals surface area contributed by atoms with Crippen LogP contribution in [0.1, 0.15) is 70.2 Å². The van der Waals surface area contributed by atoms with Crippen LogP contribution in [-0.4, -0.2) is 10.7 Å². The van der Waals surface area contributed by atoms with Crippen molar-refractivity contribution in [3.05, 3.63) is 130 Å². The second kappa shape index (κ2) is 20.9. The Bertz CT molecular complexity index is 1670. The van der Waals surface area contributed by atoms with Gasteiger partial charge in [-0.05, 0) is 87.4 Å². The fraction of sp³-hybridized carbons (Fsp3) is 0.286. The normalized spacial score (nSPS) is 9.52. The predicted octanol–water partition coefficient (Wildman–Crippen LogP) is 8.34. The Kier molecular flexibility index (Phi) is 16.5. The highest BCUT2D eigenvalue weighted by atomic mass is 79.9. The van der Waals surface area contributed by atoms with E-state index < -0.39 is 0 Å². The lowest BCUT2D eigenvalue weighted by molar-refractivity contribution is -0.696. The van der Waals surface area contributed by atoms with E-state index in [0.29, 0.717) is 0 Å². The zero-order valence-corrected chi connectivity index (χ0v) is 30.6. The maximum atomic E-state index is 3.35. The molecule has 0 bridgehead atoms. The summed E-state index contributed by atoms with van der Waals surface area (Å²) in [5.41, 5.74) is 9.45. The van der Waals surface area contributed by atoms with Gasteiger partial charge in [0, 0.05) is 69.0 Å². The van der Waals surface area contributed by atoms with Gasteiger partial charge in [-0.2, -0.15) is 0 Å². The summed E-state index contributed by atoms with van der Waals surface area (Å²) in [5, 5.41) is 1.85. The van der Waals surface area contributed by atoms with Gasteiger partial charge in [0.25, 0.3) is 0 Å². The first-order valence-corrected chi connectivity index (χ1v) is 17.8. The van der Waals surface area contributed by atoms with Crippen LogP contribution in [0, 0.1) is 75.1 Å². The Morgan fingerprint density at radius 2 is 0.739 bits per heavy atom. The Labute approximate surface area is 293 Å². The summed E-state index contributed by atoms with van der Waals surface area (Å²) >= 11 is 6.69. The number of hydrogen-bond acceptors (Lipinski definition) is 0. The minimum Gasteiger partial charge on any atom is -0.204 e. The fourth-order valence-electron chi connectivity index (χ4n) is 4.14. The van der Waals surface area contributed by atoms with E-state index in [1.54, 1.807) is 0 Å². The molecule has 0 amide bonds. The minimum atomic E-state index is 0.838. The Morgan fingerprint density at radius 3 is 1.02 bits per heavy atom. The maximum absolute atomic E-state index is 3.35. The third-order valence-corrected chi connectivity index (χ3v) is 7.92. The summed E-state index contributed by atoms with van der Waals surface area (Å²) in [6.07, 6.45) is 12.0. The zero-order chi connectivity index (χ0) is 33.0. The van der Waals surface area contributed by atoms with Crippen molar-refractivity contribution in [1.29, 1.82) is 0 Å². The molecule has 0 atom stereocenters. The molecule has 4 rings (SSSR count). The Hall–Kier alpha value is -4.06. The SMILES string of the molecule is BrCCC#Cc1ccc(C#CCCBr)cc1.Cc1cc[n+](CCC#Cc2ccc(C#CCC[n+]3ccc(C)c(C)c3)cc2)cc1C. The van der Waals surface area contributed by atoms with Gasteiger partial charge in [-0.1, -0.05) is 79.2 Å². The smallest absolute Gasteiger partial charge is 0.171 e. The monoisotopic (exact) mass is 732 g/mol. The molecule has 0 aliphatic rings. The van der Waals surface area contributed by atoms with Crippen LogP contribution in [0.25, 0.3) is 0 Å². The van der Waals surface area contributed by atoms with E-state index in [-0.39, 0.29) is 0 Å². The van der Waals surface area contributed by atoms with E-state index in [1.807, 2.05) is 24.3 Å². The standard InChI is InChI=1S/C28H30N2.C14H12Br2/c1-23-15-19-29(21-25(23)3)17-7-5-9-27-11-13-28(14-12-27)10-6-8-18-30-20-16-24(2)26(4)22-30;15-11-3-1-5-13-7-9-14(10-8-13)6-2-4-12-16/h11-16,19-22H,7-8,17-18H2,1-4H3;7-10H,3-4,11-12H2/q+2;. The topological polar surface area (TPSA) is 7.76 Å². The second-order valence-corrected chi connectivity index (χ2v) is 12.4. The van der Waals surface area contributed by atoms with Crippen LogP contribution in [0.2, 0.25) is 0 Å². The fourth-order valence-corrected chi connectivity index (χ4v) is 4.54. The van der Waals surface area contributed by atoms with E-state index in [4.69, 9.17) is 0 Å². The number of alkyl halides is 2. The third kappa shape index (κ3) is 13.9. The third-order valence-electron chi connectivity index (χ3n) is 7.12. The average Bonchev–Trinajstić information content (AvgIpc) is 3.06. The van der Waals surface area contributed by atoms with Gasteiger partial charge in [0.15, 0.2) is 37.9 Å². The number of halogens is 2. The lowest BCUT2D eigenvalue weighted by Gasteiger charge is -1.98. The van der Waals surface area contributed by atoms with Crippen molar-refractivity contribution in [3.63, 3.8) is 0 Å². The number of nitrogens with zero attached hydrogens (tertiary/aromatic N) is 2. The van der Waals surface area contributed by atoms with E-state index in [2.05, 4.69) is 177 Å². The molecule has 0 spiro atoms. The highest BCUT2D eigenvalue weighted by molar-refractivity contribution is 9.09. The minimum absolute atomic E-state index is 0.838. The number of aryl methyl sites for hydroxylation is 6. The molecule has 0 radical (unpaired) electrons. The highest BCUT2D eigenvalue weighted by Gasteiger charge is 2.02. The second-order valence-electron chi connectivity index (χ2n) is 10.8. The molecule has 2 nitrogen and oxygen atoms in total. The molecule has 0 saturated heterocycles. The van der Waals surface area contributed by atoms with Gasteiger partial charge in [0.05, 0.1) is 12.8 Å². The number of rotatable bonds is 6. The number of benzene rings is 2. The van der Waals surface area contributed by atoms with Crippen LogP contribution in [0.5, 0.6) is 0 Å². The van der Waals surface area contributed by atoms with E-state index in [9.17, 15) is 0 Å². The summed E-state index contributed by atoms with van der Waals surface area (Å²) in [6, 6.07) is 20.6. The first-order valence-electron chi connectivity index (χ1n) is 15.6. The molecular weight excluding hydrogens is 692 g/mol. The van der Waals surface area contributed by atoms with Gasteiger partial charge in [-0.3, -0.25) is 0 Å². The van der Waals surface area contributed by atoms with Crippen LogP contribution in [0.4, 0.5) is 0 Å². The Balaban J connectivity index is 0.000000304. The highest BCUT2D eigenvalue weighted by Crippen LogP contribution is 2.05. The van der Waals surface area contributed by atoms with Crippen LogP contribution in [0.15, 0.2) is 85.5 Å².